The third-order valence-corrected chi connectivity index (χ3v) is 8.56. The molecule has 1 saturated carbocycles. The molecule has 2 atom stereocenters. The Labute approximate surface area is 208 Å². The average Bonchev–Trinajstić information content (AvgIpc) is 2.83. The van der Waals surface area contributed by atoms with Crippen LogP contribution in [-0.4, -0.2) is 40.3 Å². The number of fused-ring (bicyclic) bond motifs is 3. The predicted molar refractivity (Wildman–Crippen MR) is 129 cm³/mol. The Morgan fingerprint density at radius 3 is 2.28 bits per heavy atom. The van der Waals surface area contributed by atoms with E-state index in [9.17, 15) is 27.5 Å². The lowest BCUT2D eigenvalue weighted by molar-refractivity contribution is -0.185. The molecule has 0 amide bonds. The molecule has 2 aromatic rings. The van der Waals surface area contributed by atoms with Gasteiger partial charge in [-0.15, -0.1) is 0 Å². The highest BCUT2D eigenvalue weighted by Gasteiger charge is 2.42. The van der Waals surface area contributed by atoms with Gasteiger partial charge in [0.1, 0.15) is 12.4 Å². The van der Waals surface area contributed by atoms with E-state index in [0.717, 1.165) is 35.6 Å². The first-order valence-corrected chi connectivity index (χ1v) is 13.1. The van der Waals surface area contributed by atoms with Gasteiger partial charge in [-0.1, -0.05) is 24.6 Å². The van der Waals surface area contributed by atoms with E-state index >= 15 is 0 Å². The van der Waals surface area contributed by atoms with Gasteiger partial charge in [0, 0.05) is 24.2 Å². The fourth-order valence-corrected chi connectivity index (χ4v) is 6.59. The second-order valence-corrected chi connectivity index (χ2v) is 10.8. The SMILES string of the molecule is O=C(O)C1CC2CCCC(C1)N2Cc1ccc2ccc(OC3CCC(C(F)(F)F)CC3)c(CF)c2c1. The van der Waals surface area contributed by atoms with Crippen molar-refractivity contribution in [1.29, 1.82) is 0 Å². The van der Waals surface area contributed by atoms with E-state index in [2.05, 4.69) is 4.90 Å². The van der Waals surface area contributed by atoms with E-state index in [1.165, 1.54) is 0 Å². The Balaban J connectivity index is 1.33. The predicted octanol–water partition coefficient (Wildman–Crippen LogP) is 7.03. The first-order chi connectivity index (χ1) is 17.2. The van der Waals surface area contributed by atoms with E-state index in [4.69, 9.17) is 4.74 Å². The lowest BCUT2D eigenvalue weighted by Crippen LogP contribution is -2.52. The summed E-state index contributed by atoms with van der Waals surface area (Å²) in [6.45, 7) is -0.0286. The quantitative estimate of drug-likeness (QED) is 0.427. The Kier molecular flexibility index (Phi) is 7.16. The number of piperidine rings is 2. The van der Waals surface area contributed by atoms with Crippen molar-refractivity contribution in [3.63, 3.8) is 0 Å². The van der Waals surface area contributed by atoms with Gasteiger partial charge in [-0.2, -0.15) is 13.2 Å². The van der Waals surface area contributed by atoms with Crippen molar-refractivity contribution in [3.05, 3.63) is 41.5 Å². The number of carbonyl (C=O) groups is 1. The van der Waals surface area contributed by atoms with Gasteiger partial charge in [0.15, 0.2) is 0 Å². The summed E-state index contributed by atoms with van der Waals surface area (Å²) in [7, 11) is 0. The molecule has 0 radical (unpaired) electrons. The monoisotopic (exact) mass is 507 g/mol. The molecule has 0 aromatic heterocycles. The molecule has 1 N–H and O–H groups in total. The second-order valence-electron chi connectivity index (χ2n) is 10.8. The van der Waals surface area contributed by atoms with Gasteiger partial charge < -0.3 is 9.84 Å². The minimum atomic E-state index is -4.17. The molecule has 0 spiro atoms. The molecule has 36 heavy (non-hydrogen) atoms. The van der Waals surface area contributed by atoms with E-state index in [1.54, 1.807) is 6.07 Å². The number of alkyl halides is 4. The van der Waals surface area contributed by atoms with Crippen molar-refractivity contribution in [1.82, 2.24) is 4.90 Å². The number of aliphatic carboxylic acids is 1. The molecule has 3 aliphatic rings. The van der Waals surface area contributed by atoms with Crippen LogP contribution in [0.15, 0.2) is 30.3 Å². The van der Waals surface area contributed by atoms with Gasteiger partial charge in [0.2, 0.25) is 0 Å². The first kappa shape index (κ1) is 25.3. The molecule has 3 fully saturated rings. The summed E-state index contributed by atoms with van der Waals surface area (Å²) >= 11 is 0. The Hall–Kier alpha value is -2.35. The number of benzene rings is 2. The summed E-state index contributed by atoms with van der Waals surface area (Å²) in [4.78, 5) is 14.0. The van der Waals surface area contributed by atoms with Crippen LogP contribution in [0.4, 0.5) is 17.6 Å². The lowest BCUT2D eigenvalue weighted by Gasteiger charge is -2.48. The first-order valence-electron chi connectivity index (χ1n) is 13.1. The maximum Gasteiger partial charge on any atom is 0.391 e. The molecule has 196 valence electrons. The summed E-state index contributed by atoms with van der Waals surface area (Å²) in [6, 6.07) is 10.1. The minimum absolute atomic E-state index is 0.0394. The molecule has 5 rings (SSSR count). The van der Waals surface area contributed by atoms with Crippen LogP contribution in [0.25, 0.3) is 10.8 Å². The average molecular weight is 508 g/mol. The molecule has 2 heterocycles. The number of carboxylic acids is 1. The van der Waals surface area contributed by atoms with Crippen molar-refractivity contribution in [3.8, 4) is 5.75 Å². The van der Waals surface area contributed by atoms with Crippen LogP contribution < -0.4 is 4.74 Å². The van der Waals surface area contributed by atoms with Crippen molar-refractivity contribution in [2.75, 3.05) is 0 Å². The topological polar surface area (TPSA) is 49.8 Å². The zero-order valence-electron chi connectivity index (χ0n) is 20.3. The summed E-state index contributed by atoms with van der Waals surface area (Å²) < 4.78 is 59.4. The highest BCUT2D eigenvalue weighted by molar-refractivity contribution is 5.88. The van der Waals surface area contributed by atoms with Gasteiger partial charge in [-0.3, -0.25) is 9.69 Å². The molecule has 2 aromatic carbocycles. The molecular formula is C28H33F4NO3. The van der Waals surface area contributed by atoms with Crippen LogP contribution >= 0.6 is 0 Å². The van der Waals surface area contributed by atoms with E-state index in [-0.39, 0.29) is 36.9 Å². The molecule has 8 heteroatoms. The largest absolute Gasteiger partial charge is 0.490 e. The number of halogens is 4. The standard InChI is InChI=1S/C28H33F4NO3/c29-15-25-24-12-17(16-33-21-2-1-3-22(33)14-19(13-21)27(34)35)4-5-18(24)6-11-26(25)36-23-9-7-20(8-10-23)28(30,31)32/h4-6,11-12,19-23H,1-3,7-10,13-16H2,(H,34,35). The second kappa shape index (κ2) is 10.2. The van der Waals surface area contributed by atoms with Crippen LogP contribution in [0, 0.1) is 11.8 Å². The number of rotatable bonds is 6. The molecule has 1 aliphatic carbocycles. The fourth-order valence-electron chi connectivity index (χ4n) is 6.59. The molecule has 2 unspecified atom stereocenters. The molecule has 2 aliphatic heterocycles. The zero-order valence-corrected chi connectivity index (χ0v) is 20.3. The van der Waals surface area contributed by atoms with Crippen LogP contribution in [0.2, 0.25) is 0 Å². The Bertz CT molecular complexity index is 1080. The number of hydrogen-bond donors (Lipinski definition) is 1. The smallest absolute Gasteiger partial charge is 0.391 e. The Morgan fingerprint density at radius 2 is 1.67 bits per heavy atom. The van der Waals surface area contributed by atoms with Crippen LogP contribution in [0.3, 0.4) is 0 Å². The molecule has 2 saturated heterocycles. The third-order valence-electron chi connectivity index (χ3n) is 8.56. The number of carboxylic acid groups (broad SMARTS) is 1. The van der Waals surface area contributed by atoms with Crippen molar-refractivity contribution >= 4 is 16.7 Å². The van der Waals surface area contributed by atoms with E-state index < -0.39 is 24.7 Å². The number of ether oxygens (including phenoxy) is 1. The van der Waals surface area contributed by atoms with Gasteiger partial charge in [-0.05, 0) is 79.8 Å². The summed E-state index contributed by atoms with van der Waals surface area (Å²) in [5.41, 5.74) is 1.49. The third kappa shape index (κ3) is 5.20. The van der Waals surface area contributed by atoms with Gasteiger partial charge >= 0.3 is 12.1 Å². The minimum Gasteiger partial charge on any atom is -0.490 e. The van der Waals surface area contributed by atoms with Gasteiger partial charge in [-0.25, -0.2) is 4.39 Å². The summed E-state index contributed by atoms with van der Waals surface area (Å²) in [6.07, 6.45) is 0.638. The maximum atomic E-state index is 14.3. The normalized spacial score (nSPS) is 29.3. The van der Waals surface area contributed by atoms with Crippen LogP contribution in [0.5, 0.6) is 5.75 Å². The molecule has 2 bridgehead atoms. The number of hydrogen-bond acceptors (Lipinski definition) is 3. The molecule has 4 nitrogen and oxygen atoms in total. The van der Waals surface area contributed by atoms with Crippen molar-refractivity contribution in [2.45, 2.75) is 95.4 Å². The summed E-state index contributed by atoms with van der Waals surface area (Å²) in [5, 5.41) is 11.2. The highest BCUT2D eigenvalue weighted by Crippen LogP contribution is 2.41. The van der Waals surface area contributed by atoms with Crippen LogP contribution in [-0.2, 0) is 18.0 Å². The van der Waals surface area contributed by atoms with Crippen molar-refractivity contribution in [2.24, 2.45) is 11.8 Å². The Morgan fingerprint density at radius 1 is 1.00 bits per heavy atom. The summed E-state index contributed by atoms with van der Waals surface area (Å²) in [5.74, 6) is -1.85. The lowest BCUT2D eigenvalue weighted by atomic mass is 9.78. The number of nitrogens with zero attached hydrogens (tertiary/aromatic N) is 1. The maximum absolute atomic E-state index is 14.3. The zero-order chi connectivity index (χ0) is 25.4. The van der Waals surface area contributed by atoms with Crippen molar-refractivity contribution < 1.29 is 32.2 Å². The van der Waals surface area contributed by atoms with Gasteiger partial charge in [0.05, 0.1) is 17.9 Å². The van der Waals surface area contributed by atoms with E-state index in [0.29, 0.717) is 43.5 Å². The van der Waals surface area contributed by atoms with Crippen LogP contribution in [0.1, 0.15) is 68.9 Å². The highest BCUT2D eigenvalue weighted by atomic mass is 19.4. The molecular weight excluding hydrogens is 474 g/mol. The van der Waals surface area contributed by atoms with Gasteiger partial charge in [0.25, 0.3) is 0 Å². The fraction of sp³-hybridized carbons (Fsp3) is 0.607. The van der Waals surface area contributed by atoms with E-state index in [1.807, 2.05) is 24.3 Å².